The molecule has 7 nitrogen and oxygen atoms in total. The molecule has 0 bridgehead atoms. The number of nitrogens with zero attached hydrogens (tertiary/aromatic N) is 2. The van der Waals surface area contributed by atoms with Gasteiger partial charge in [0, 0.05) is 13.5 Å². The van der Waals surface area contributed by atoms with Crippen molar-refractivity contribution in [1.29, 1.82) is 0 Å². The highest BCUT2D eigenvalue weighted by Gasteiger charge is 2.22. The third kappa shape index (κ3) is 7.91. The summed E-state index contributed by atoms with van der Waals surface area (Å²) in [6.07, 6.45) is 6.54. The molecule has 0 aliphatic carbocycles. The minimum absolute atomic E-state index is 0.101. The highest BCUT2D eigenvalue weighted by Crippen LogP contribution is 2.13. The number of allylic oxidation sites excluding steroid dienone is 2. The molecular weight excluding hydrogens is 440 g/mol. The van der Waals surface area contributed by atoms with Gasteiger partial charge in [0.1, 0.15) is 18.2 Å². The van der Waals surface area contributed by atoms with E-state index in [2.05, 4.69) is 4.40 Å². The average Bonchev–Trinajstić information content (AvgIpc) is 2.88. The molecule has 0 radical (unpaired) electrons. The van der Waals surface area contributed by atoms with Gasteiger partial charge in [-0.15, -0.1) is 4.40 Å². The monoisotopic (exact) mass is 468 g/mol. The maximum Gasteiger partial charge on any atom is 0.338 e. The molecule has 1 aliphatic heterocycles. The Bertz CT molecular complexity index is 1120. The number of para-hydroxylation sites is 1. The average molecular weight is 469 g/mol. The maximum absolute atomic E-state index is 12.7. The van der Waals surface area contributed by atoms with Gasteiger partial charge >= 0.3 is 5.97 Å². The summed E-state index contributed by atoms with van der Waals surface area (Å²) in [5.41, 5.74) is 1.47. The molecule has 0 saturated heterocycles. The summed E-state index contributed by atoms with van der Waals surface area (Å²) in [6, 6.07) is 16.3. The molecule has 1 aliphatic rings. The van der Waals surface area contributed by atoms with Crippen molar-refractivity contribution in [3.63, 3.8) is 0 Å². The van der Waals surface area contributed by atoms with E-state index in [1.54, 1.807) is 42.3 Å². The van der Waals surface area contributed by atoms with E-state index in [0.717, 1.165) is 5.56 Å². The highest BCUT2D eigenvalue weighted by atomic mass is 32.2. The number of carbonyl (C=O) groups is 1. The zero-order valence-corrected chi connectivity index (χ0v) is 19.6. The number of amidine groups is 1. The summed E-state index contributed by atoms with van der Waals surface area (Å²) < 4.78 is 40.1. The molecule has 1 atom stereocenters. The summed E-state index contributed by atoms with van der Waals surface area (Å²) in [5.74, 6) is 0.370. The molecule has 0 fully saturated rings. The van der Waals surface area contributed by atoms with Crippen molar-refractivity contribution in [2.45, 2.75) is 19.4 Å². The van der Waals surface area contributed by atoms with Crippen molar-refractivity contribution >= 4 is 21.8 Å². The molecule has 0 spiro atoms. The lowest BCUT2D eigenvalue weighted by Gasteiger charge is -2.26. The van der Waals surface area contributed by atoms with Crippen molar-refractivity contribution in [2.24, 2.45) is 4.40 Å². The SMILES string of the molecule is Cc1ccc(C(=O)OC(COc2ccccc2)CN(C)/C2=N/S(=O)(=O)C/C=C\C=C/C2)cc1. The Balaban J connectivity index is 1.76. The fraction of sp³-hybridized carbons (Fsp3) is 0.280. The summed E-state index contributed by atoms with van der Waals surface area (Å²) in [4.78, 5) is 14.4. The summed E-state index contributed by atoms with van der Waals surface area (Å²) in [7, 11) is -1.92. The Morgan fingerprint density at radius 1 is 1.06 bits per heavy atom. The topological polar surface area (TPSA) is 85.3 Å². The number of hydrogen-bond acceptors (Lipinski definition) is 6. The quantitative estimate of drug-likeness (QED) is 0.575. The van der Waals surface area contributed by atoms with Crippen LogP contribution in [0.25, 0.3) is 0 Å². The third-order valence-electron chi connectivity index (χ3n) is 4.89. The van der Waals surface area contributed by atoms with Crippen LogP contribution in [0.15, 0.2) is 83.3 Å². The molecular formula is C25H28N2O5S. The van der Waals surface area contributed by atoms with Gasteiger partial charge in [-0.2, -0.15) is 0 Å². The van der Waals surface area contributed by atoms with Gasteiger partial charge in [-0.1, -0.05) is 60.2 Å². The van der Waals surface area contributed by atoms with Crippen LogP contribution in [0.1, 0.15) is 22.3 Å². The van der Waals surface area contributed by atoms with E-state index in [1.807, 2.05) is 55.5 Å². The molecule has 8 heteroatoms. The van der Waals surface area contributed by atoms with Crippen LogP contribution in [0.4, 0.5) is 0 Å². The lowest BCUT2D eigenvalue weighted by atomic mass is 10.1. The van der Waals surface area contributed by atoms with Gasteiger partial charge in [-0.3, -0.25) is 0 Å². The van der Waals surface area contributed by atoms with Crippen LogP contribution in [-0.4, -0.2) is 57.2 Å². The van der Waals surface area contributed by atoms with E-state index in [-0.39, 0.29) is 18.9 Å². The number of ether oxygens (including phenoxy) is 2. The number of esters is 1. The zero-order chi connectivity index (χ0) is 23.7. The van der Waals surface area contributed by atoms with E-state index in [0.29, 0.717) is 23.6 Å². The number of sulfonamides is 1. The standard InChI is InChI=1S/C25H28N2O5S/c1-20-13-15-21(16-14-20)25(28)32-23(19-31-22-10-6-5-7-11-22)18-27(2)24-12-8-3-4-9-17-33(29,30)26-24/h3-11,13-16,23H,12,17-19H2,1-2H3/b8-3-,9-4-,26-24+. The van der Waals surface area contributed by atoms with Gasteiger partial charge in [0.25, 0.3) is 10.0 Å². The lowest BCUT2D eigenvalue weighted by Crippen LogP contribution is -2.40. The van der Waals surface area contributed by atoms with E-state index in [1.165, 1.54) is 0 Å². The normalized spacial score (nSPS) is 19.5. The Hall–Kier alpha value is -3.39. The van der Waals surface area contributed by atoms with Crippen LogP contribution in [0.2, 0.25) is 0 Å². The van der Waals surface area contributed by atoms with Gasteiger partial charge in [-0.05, 0) is 31.2 Å². The lowest BCUT2D eigenvalue weighted by molar-refractivity contribution is 0.0129. The Kier molecular flexibility index (Phi) is 8.43. The van der Waals surface area contributed by atoms with Crippen LogP contribution < -0.4 is 4.74 Å². The van der Waals surface area contributed by atoms with E-state index in [9.17, 15) is 13.2 Å². The fourth-order valence-corrected chi connectivity index (χ4v) is 4.08. The van der Waals surface area contributed by atoms with Crippen LogP contribution in [0, 0.1) is 6.92 Å². The Morgan fingerprint density at radius 2 is 1.76 bits per heavy atom. The smallest absolute Gasteiger partial charge is 0.338 e. The number of benzene rings is 2. The minimum Gasteiger partial charge on any atom is -0.490 e. The number of carbonyl (C=O) groups excluding carboxylic acids is 1. The predicted octanol–water partition coefficient (Wildman–Crippen LogP) is 3.78. The predicted molar refractivity (Wildman–Crippen MR) is 129 cm³/mol. The van der Waals surface area contributed by atoms with Gasteiger partial charge in [0.2, 0.25) is 0 Å². The maximum atomic E-state index is 12.7. The number of hydrogen-bond donors (Lipinski definition) is 0. The van der Waals surface area contributed by atoms with Crippen molar-refractivity contribution in [1.82, 2.24) is 4.90 Å². The molecule has 0 aromatic heterocycles. The summed E-state index contributed by atoms with van der Waals surface area (Å²) in [5, 5.41) is 0. The van der Waals surface area contributed by atoms with Crippen molar-refractivity contribution < 1.29 is 22.7 Å². The molecule has 2 aromatic carbocycles. The third-order valence-corrected chi connectivity index (χ3v) is 6.00. The van der Waals surface area contributed by atoms with Gasteiger partial charge in [0.15, 0.2) is 6.10 Å². The zero-order valence-electron chi connectivity index (χ0n) is 18.8. The molecule has 174 valence electrons. The molecule has 1 heterocycles. The van der Waals surface area contributed by atoms with Crippen LogP contribution in [0.3, 0.4) is 0 Å². The van der Waals surface area contributed by atoms with Crippen LogP contribution in [-0.2, 0) is 14.8 Å². The Labute approximate surface area is 195 Å². The van der Waals surface area contributed by atoms with E-state index < -0.39 is 22.1 Å². The number of rotatable bonds is 7. The first kappa shape index (κ1) is 24.3. The molecule has 2 aromatic rings. The van der Waals surface area contributed by atoms with E-state index in [4.69, 9.17) is 9.47 Å². The summed E-state index contributed by atoms with van der Waals surface area (Å²) >= 11 is 0. The molecule has 0 amide bonds. The number of aryl methyl sites for hydroxylation is 1. The summed E-state index contributed by atoms with van der Waals surface area (Å²) in [6.45, 7) is 2.25. The highest BCUT2D eigenvalue weighted by molar-refractivity contribution is 7.90. The molecule has 0 N–H and O–H groups in total. The van der Waals surface area contributed by atoms with Crippen molar-refractivity contribution in [3.8, 4) is 5.75 Å². The van der Waals surface area contributed by atoms with Crippen molar-refractivity contribution in [3.05, 3.63) is 90.0 Å². The Morgan fingerprint density at radius 3 is 2.48 bits per heavy atom. The number of likely N-dealkylation sites (N-methyl/N-ethyl adjacent to an activating group) is 1. The van der Waals surface area contributed by atoms with Gasteiger partial charge < -0.3 is 14.4 Å². The van der Waals surface area contributed by atoms with Gasteiger partial charge in [-0.25, -0.2) is 13.2 Å². The van der Waals surface area contributed by atoms with Crippen LogP contribution >= 0.6 is 0 Å². The molecule has 33 heavy (non-hydrogen) atoms. The first-order valence-corrected chi connectivity index (χ1v) is 12.2. The second-order valence-electron chi connectivity index (χ2n) is 7.71. The second-order valence-corrected chi connectivity index (χ2v) is 9.39. The fourth-order valence-electron chi connectivity index (χ4n) is 3.12. The molecule has 1 unspecified atom stereocenters. The molecule has 0 saturated carbocycles. The first-order chi connectivity index (χ1) is 15.8. The largest absolute Gasteiger partial charge is 0.490 e. The first-order valence-electron chi connectivity index (χ1n) is 10.6. The van der Waals surface area contributed by atoms with Crippen molar-refractivity contribution in [2.75, 3.05) is 26.0 Å². The van der Waals surface area contributed by atoms with Crippen LogP contribution in [0.5, 0.6) is 5.75 Å². The molecule has 3 rings (SSSR count). The van der Waals surface area contributed by atoms with E-state index >= 15 is 0 Å². The second kappa shape index (κ2) is 11.5. The minimum atomic E-state index is -3.64. The van der Waals surface area contributed by atoms with Gasteiger partial charge in [0.05, 0.1) is 17.9 Å².